The summed E-state index contributed by atoms with van der Waals surface area (Å²) in [5.41, 5.74) is 0. The number of ether oxygens (including phenoxy) is 1. The molecule has 4 N–H and O–H groups in total. The van der Waals surface area contributed by atoms with E-state index in [1.54, 1.807) is 0 Å². The van der Waals surface area contributed by atoms with Crippen LogP contribution in [-0.4, -0.2) is 59.4 Å². The van der Waals surface area contributed by atoms with Crippen molar-refractivity contribution in [3.05, 3.63) is 0 Å². The molecular weight excluding hydrogens is 246 g/mol. The lowest BCUT2D eigenvalue weighted by Crippen LogP contribution is -2.47. The molecule has 0 aromatic heterocycles. The number of halogens is 1. The van der Waals surface area contributed by atoms with Crippen molar-refractivity contribution in [2.45, 2.75) is 43.6 Å². The van der Waals surface area contributed by atoms with Crippen molar-refractivity contribution in [2.24, 2.45) is 5.92 Å². The Morgan fingerprint density at radius 1 is 1.12 bits per heavy atom. The van der Waals surface area contributed by atoms with Gasteiger partial charge in [0.25, 0.3) is 0 Å². The van der Waals surface area contributed by atoms with Gasteiger partial charge in [0.05, 0.1) is 12.2 Å². The topological polar surface area (TPSA) is 82.0 Å². The van der Waals surface area contributed by atoms with Gasteiger partial charge in [-0.25, -0.2) is 0 Å². The Bertz CT molecular complexity index is 226. The van der Waals surface area contributed by atoms with Crippen LogP contribution in [-0.2, 0) is 4.74 Å². The van der Waals surface area contributed by atoms with Gasteiger partial charge < -0.3 is 25.4 Å². The lowest BCUT2D eigenvalue weighted by molar-refractivity contribution is -0.00375. The molecule has 2 rings (SSSR count). The number of hydrogen-bond donors (Lipinski definition) is 4. The van der Waals surface area contributed by atoms with E-state index >= 15 is 0 Å². The summed E-state index contributed by atoms with van der Waals surface area (Å²) in [5, 5.41) is 31.9. The maximum Gasteiger partial charge on any atom is 0.0955 e. The van der Waals surface area contributed by atoms with E-state index in [1.165, 1.54) is 0 Å². The fraction of sp³-hybridized carbons (Fsp3) is 1.00. The minimum Gasteiger partial charge on any atom is -0.396 e. The molecule has 0 radical (unpaired) electrons. The molecule has 2 aliphatic rings. The van der Waals surface area contributed by atoms with Crippen LogP contribution in [0.3, 0.4) is 0 Å². The smallest absolute Gasteiger partial charge is 0.0955 e. The summed E-state index contributed by atoms with van der Waals surface area (Å²) in [6.45, 7) is 1.45. The quantitative estimate of drug-likeness (QED) is 0.543. The summed E-state index contributed by atoms with van der Waals surface area (Å²) >= 11 is 0. The van der Waals surface area contributed by atoms with Gasteiger partial charge in [0.15, 0.2) is 0 Å². The Balaban J connectivity index is 0.00000144. The van der Waals surface area contributed by atoms with Crippen LogP contribution in [0, 0.1) is 5.92 Å². The fourth-order valence-electron chi connectivity index (χ4n) is 2.64. The number of rotatable bonds is 3. The Hall–Kier alpha value is 0.0900. The third-order valence-electron chi connectivity index (χ3n) is 3.71. The van der Waals surface area contributed by atoms with Gasteiger partial charge in [-0.05, 0) is 19.3 Å². The molecule has 0 aromatic carbocycles. The van der Waals surface area contributed by atoms with Crippen LogP contribution in [0.15, 0.2) is 0 Å². The van der Waals surface area contributed by atoms with Crippen molar-refractivity contribution in [1.82, 2.24) is 5.32 Å². The first kappa shape index (κ1) is 15.1. The largest absolute Gasteiger partial charge is 0.396 e. The van der Waals surface area contributed by atoms with Crippen LogP contribution >= 0.6 is 12.4 Å². The van der Waals surface area contributed by atoms with Crippen molar-refractivity contribution < 1.29 is 20.1 Å². The highest BCUT2D eigenvalue weighted by Gasteiger charge is 2.41. The van der Waals surface area contributed by atoms with Crippen molar-refractivity contribution in [3.8, 4) is 0 Å². The van der Waals surface area contributed by atoms with Crippen molar-refractivity contribution >= 4 is 12.4 Å². The van der Waals surface area contributed by atoms with E-state index in [9.17, 15) is 10.2 Å². The molecule has 5 nitrogen and oxygen atoms in total. The highest BCUT2D eigenvalue weighted by Crippen LogP contribution is 2.27. The standard InChI is InChI=1S/C11H21NO4.ClH/c13-6-7-5-9(11(15)10(7)14)12-8-1-3-16-4-2-8;/h7-15H,1-6H2;1H/t7-,9-,10-,11+;/m1./s1. The summed E-state index contributed by atoms with van der Waals surface area (Å²) in [4.78, 5) is 0. The van der Waals surface area contributed by atoms with Gasteiger partial charge in [-0.15, -0.1) is 12.4 Å². The van der Waals surface area contributed by atoms with E-state index in [-0.39, 0.29) is 31.0 Å². The Labute approximate surface area is 108 Å². The predicted octanol–water partition coefficient (Wildman–Crippen LogP) is -0.721. The second-order valence-electron chi connectivity index (χ2n) is 4.82. The maximum absolute atomic E-state index is 9.83. The molecule has 0 bridgehead atoms. The zero-order valence-corrected chi connectivity index (χ0v) is 10.6. The molecule has 1 saturated heterocycles. The first-order chi connectivity index (χ1) is 7.72. The average molecular weight is 268 g/mol. The predicted molar refractivity (Wildman–Crippen MR) is 65.2 cm³/mol. The van der Waals surface area contributed by atoms with Gasteiger partial charge in [0.2, 0.25) is 0 Å². The molecule has 0 spiro atoms. The molecule has 0 unspecified atom stereocenters. The monoisotopic (exact) mass is 267 g/mol. The van der Waals surface area contributed by atoms with Gasteiger partial charge in [0.1, 0.15) is 0 Å². The van der Waals surface area contributed by atoms with Crippen LogP contribution in [0.1, 0.15) is 19.3 Å². The van der Waals surface area contributed by atoms with Gasteiger partial charge in [-0.3, -0.25) is 0 Å². The van der Waals surface area contributed by atoms with Crippen LogP contribution in [0.5, 0.6) is 0 Å². The van der Waals surface area contributed by atoms with E-state index in [2.05, 4.69) is 5.32 Å². The van der Waals surface area contributed by atoms with Crippen molar-refractivity contribution in [3.63, 3.8) is 0 Å². The highest BCUT2D eigenvalue weighted by molar-refractivity contribution is 5.85. The summed E-state index contributed by atoms with van der Waals surface area (Å²) in [6, 6.07) is 0.258. The molecule has 2 fully saturated rings. The van der Waals surface area contributed by atoms with Crippen molar-refractivity contribution in [2.75, 3.05) is 19.8 Å². The average Bonchev–Trinajstić information content (AvgIpc) is 2.58. The zero-order valence-electron chi connectivity index (χ0n) is 9.79. The van der Waals surface area contributed by atoms with E-state index in [0.717, 1.165) is 26.1 Å². The molecule has 1 heterocycles. The van der Waals surface area contributed by atoms with E-state index in [4.69, 9.17) is 9.84 Å². The summed E-state index contributed by atoms with van der Waals surface area (Å²) < 4.78 is 5.26. The number of hydrogen-bond acceptors (Lipinski definition) is 5. The summed E-state index contributed by atoms with van der Waals surface area (Å²) in [7, 11) is 0. The van der Waals surface area contributed by atoms with Crippen LogP contribution < -0.4 is 5.32 Å². The van der Waals surface area contributed by atoms with E-state index in [1.807, 2.05) is 0 Å². The SMILES string of the molecule is Cl.OC[C@H]1C[C@@H](NC2CCOCC2)[C@H](O)[C@@H]1O. The Morgan fingerprint density at radius 3 is 2.29 bits per heavy atom. The third-order valence-corrected chi connectivity index (χ3v) is 3.71. The lowest BCUT2D eigenvalue weighted by Gasteiger charge is -2.28. The minimum absolute atomic E-state index is 0. The normalized spacial score (nSPS) is 39.0. The zero-order chi connectivity index (χ0) is 11.5. The highest BCUT2D eigenvalue weighted by atomic mass is 35.5. The second-order valence-corrected chi connectivity index (χ2v) is 4.82. The van der Waals surface area contributed by atoms with Gasteiger partial charge in [-0.2, -0.15) is 0 Å². The van der Waals surface area contributed by atoms with E-state index < -0.39 is 12.2 Å². The molecule has 6 heteroatoms. The van der Waals surface area contributed by atoms with Gasteiger partial charge >= 0.3 is 0 Å². The molecular formula is C11H22ClNO4. The Morgan fingerprint density at radius 2 is 1.76 bits per heavy atom. The van der Waals surface area contributed by atoms with Crippen LogP contribution in [0.2, 0.25) is 0 Å². The number of aliphatic hydroxyl groups excluding tert-OH is 3. The van der Waals surface area contributed by atoms with Crippen LogP contribution in [0.25, 0.3) is 0 Å². The molecule has 0 amide bonds. The first-order valence-corrected chi connectivity index (χ1v) is 6.03. The van der Waals surface area contributed by atoms with E-state index in [0.29, 0.717) is 12.5 Å². The molecule has 1 aliphatic heterocycles. The molecule has 17 heavy (non-hydrogen) atoms. The second kappa shape index (κ2) is 6.87. The first-order valence-electron chi connectivity index (χ1n) is 6.03. The Kier molecular flexibility index (Phi) is 6.12. The molecule has 1 aliphatic carbocycles. The molecule has 1 saturated carbocycles. The summed E-state index contributed by atoms with van der Waals surface area (Å²) in [6.07, 6.45) is 0.963. The van der Waals surface area contributed by atoms with Crippen LogP contribution in [0.4, 0.5) is 0 Å². The number of nitrogens with one attached hydrogen (secondary N) is 1. The molecule has 102 valence electrons. The maximum atomic E-state index is 9.83. The number of aliphatic hydroxyl groups is 3. The summed E-state index contributed by atoms with van der Waals surface area (Å²) in [5.74, 6) is -0.202. The van der Waals surface area contributed by atoms with Crippen molar-refractivity contribution in [1.29, 1.82) is 0 Å². The van der Waals surface area contributed by atoms with Gasteiger partial charge in [0, 0.05) is 37.8 Å². The molecule has 0 aromatic rings. The minimum atomic E-state index is -0.803. The fourth-order valence-corrected chi connectivity index (χ4v) is 2.64. The third kappa shape index (κ3) is 3.53. The lowest BCUT2D eigenvalue weighted by atomic mass is 10.1. The molecule has 4 atom stereocenters. The van der Waals surface area contributed by atoms with Gasteiger partial charge in [-0.1, -0.05) is 0 Å².